The number of fused-ring (bicyclic) bond motifs is 3. The topological polar surface area (TPSA) is 51.8 Å². The minimum Gasteiger partial charge on any atom is -0.455 e. The first-order valence-electron chi connectivity index (χ1n) is 16.4. The molecule has 0 atom stereocenters. The molecule has 0 amide bonds. The van der Waals surface area contributed by atoms with Gasteiger partial charge >= 0.3 is 0 Å². The average Bonchev–Trinajstić information content (AvgIpc) is 3.58. The fourth-order valence-corrected chi connectivity index (χ4v) is 6.54. The second-order valence-electron chi connectivity index (χ2n) is 12.0. The number of nitrogens with zero attached hydrogens (tertiary/aromatic N) is 3. The molecule has 0 spiro atoms. The molecule has 0 aliphatic rings. The lowest BCUT2D eigenvalue weighted by molar-refractivity contribution is 0.670. The number of furan rings is 1. The summed E-state index contributed by atoms with van der Waals surface area (Å²) in [4.78, 5) is 14.9. The third kappa shape index (κ3) is 5.35. The molecular formula is C45H29N3O. The molecule has 0 N–H and O–H groups in total. The van der Waals surface area contributed by atoms with Crippen LogP contribution >= 0.6 is 0 Å². The first-order chi connectivity index (χ1) is 24.3. The number of hydrogen-bond acceptors (Lipinski definition) is 4. The Hall–Kier alpha value is -6.65. The van der Waals surface area contributed by atoms with Gasteiger partial charge in [-0.25, -0.2) is 15.0 Å². The number of rotatable bonds is 6. The van der Waals surface area contributed by atoms with Crippen molar-refractivity contribution < 1.29 is 4.42 Å². The van der Waals surface area contributed by atoms with Crippen LogP contribution in [0.5, 0.6) is 0 Å². The highest BCUT2D eigenvalue weighted by atomic mass is 16.3. The van der Waals surface area contributed by atoms with Crippen molar-refractivity contribution in [2.45, 2.75) is 0 Å². The van der Waals surface area contributed by atoms with E-state index in [0.29, 0.717) is 17.5 Å². The standard InChI is InChI=1S/C45H29N3O/c1-4-13-30(14-5-1)31-25-27-32(28-26-31)35-19-10-20-36(29-35)37-21-11-22-38-41-39(23-12-24-40(41)49-42(37)38)45-47-43(33-15-6-2-7-16-33)46-44(48-45)34-17-8-3-9-18-34/h1-29H. The first kappa shape index (κ1) is 28.6. The molecule has 0 saturated carbocycles. The lowest BCUT2D eigenvalue weighted by Gasteiger charge is -2.09. The fraction of sp³-hybridized carbons (Fsp3) is 0. The summed E-state index contributed by atoms with van der Waals surface area (Å²) in [5.41, 5.74) is 11.2. The lowest BCUT2D eigenvalue weighted by Crippen LogP contribution is -2.00. The lowest BCUT2D eigenvalue weighted by atomic mass is 9.96. The highest BCUT2D eigenvalue weighted by Crippen LogP contribution is 2.41. The predicted molar refractivity (Wildman–Crippen MR) is 200 cm³/mol. The van der Waals surface area contributed by atoms with Crippen LogP contribution in [-0.4, -0.2) is 15.0 Å². The molecule has 230 valence electrons. The second kappa shape index (κ2) is 12.2. The Balaban J connectivity index is 1.16. The van der Waals surface area contributed by atoms with Gasteiger partial charge in [0.2, 0.25) is 0 Å². The molecule has 2 aromatic heterocycles. The van der Waals surface area contributed by atoms with Gasteiger partial charge in [0.25, 0.3) is 0 Å². The van der Waals surface area contributed by atoms with E-state index in [1.54, 1.807) is 0 Å². The van der Waals surface area contributed by atoms with Crippen molar-refractivity contribution in [1.29, 1.82) is 0 Å². The molecule has 9 aromatic rings. The second-order valence-corrected chi connectivity index (χ2v) is 12.0. The summed E-state index contributed by atoms with van der Waals surface area (Å²) in [7, 11) is 0. The Kier molecular flexibility index (Phi) is 7.10. The van der Waals surface area contributed by atoms with E-state index in [1.807, 2.05) is 78.9 Å². The van der Waals surface area contributed by atoms with E-state index in [-0.39, 0.29) is 0 Å². The summed E-state index contributed by atoms with van der Waals surface area (Å²) in [6.07, 6.45) is 0. The Morgan fingerprint density at radius 1 is 0.327 bits per heavy atom. The van der Waals surface area contributed by atoms with E-state index >= 15 is 0 Å². The molecule has 0 aliphatic heterocycles. The van der Waals surface area contributed by atoms with Crippen LogP contribution in [0.4, 0.5) is 0 Å². The molecule has 4 nitrogen and oxygen atoms in total. The molecule has 2 heterocycles. The summed E-state index contributed by atoms with van der Waals surface area (Å²) >= 11 is 0. The third-order valence-electron chi connectivity index (χ3n) is 8.96. The van der Waals surface area contributed by atoms with Crippen molar-refractivity contribution in [3.05, 3.63) is 176 Å². The molecule has 9 rings (SSSR count). The Bertz CT molecular complexity index is 2520. The summed E-state index contributed by atoms with van der Waals surface area (Å²) in [5, 5.41) is 2.00. The highest BCUT2D eigenvalue weighted by molar-refractivity contribution is 6.15. The zero-order chi connectivity index (χ0) is 32.6. The van der Waals surface area contributed by atoms with E-state index in [0.717, 1.165) is 55.3 Å². The molecule has 0 bridgehead atoms. The van der Waals surface area contributed by atoms with Gasteiger partial charge in [-0.15, -0.1) is 0 Å². The largest absolute Gasteiger partial charge is 0.455 e. The minimum atomic E-state index is 0.604. The third-order valence-corrected chi connectivity index (χ3v) is 8.96. The molecule has 0 unspecified atom stereocenters. The maximum absolute atomic E-state index is 6.67. The van der Waals surface area contributed by atoms with Gasteiger partial charge in [0, 0.05) is 33.0 Å². The van der Waals surface area contributed by atoms with E-state index in [4.69, 9.17) is 19.4 Å². The van der Waals surface area contributed by atoms with Gasteiger partial charge in [0.05, 0.1) is 0 Å². The van der Waals surface area contributed by atoms with Crippen LogP contribution in [-0.2, 0) is 0 Å². The molecule has 49 heavy (non-hydrogen) atoms. The van der Waals surface area contributed by atoms with Crippen molar-refractivity contribution in [1.82, 2.24) is 15.0 Å². The molecule has 0 saturated heterocycles. The monoisotopic (exact) mass is 627 g/mol. The molecular weight excluding hydrogens is 599 g/mol. The van der Waals surface area contributed by atoms with Gasteiger partial charge in [0.15, 0.2) is 17.5 Å². The molecule has 7 aromatic carbocycles. The van der Waals surface area contributed by atoms with Gasteiger partial charge in [-0.2, -0.15) is 0 Å². The van der Waals surface area contributed by atoms with Crippen molar-refractivity contribution in [3.8, 4) is 67.5 Å². The van der Waals surface area contributed by atoms with Crippen molar-refractivity contribution in [2.75, 3.05) is 0 Å². The maximum atomic E-state index is 6.67. The van der Waals surface area contributed by atoms with Crippen molar-refractivity contribution >= 4 is 21.9 Å². The Morgan fingerprint density at radius 2 is 0.796 bits per heavy atom. The number of aromatic nitrogens is 3. The number of para-hydroxylation sites is 1. The van der Waals surface area contributed by atoms with Gasteiger partial charge in [0.1, 0.15) is 11.2 Å². The SMILES string of the molecule is c1ccc(-c2ccc(-c3cccc(-c4cccc5c4oc4cccc(-c6nc(-c7ccccc7)nc(-c7ccccc7)n6)c45)c3)cc2)cc1. The summed E-state index contributed by atoms with van der Waals surface area (Å²) in [5.74, 6) is 1.86. The first-order valence-corrected chi connectivity index (χ1v) is 16.4. The quantitative estimate of drug-likeness (QED) is 0.184. The molecule has 0 fully saturated rings. The summed E-state index contributed by atoms with van der Waals surface area (Å²) in [6, 6.07) is 60.5. The zero-order valence-corrected chi connectivity index (χ0v) is 26.5. The smallest absolute Gasteiger partial charge is 0.164 e. The van der Waals surface area contributed by atoms with Crippen molar-refractivity contribution in [3.63, 3.8) is 0 Å². The van der Waals surface area contributed by atoms with Crippen LogP contribution in [0.2, 0.25) is 0 Å². The van der Waals surface area contributed by atoms with Crippen LogP contribution in [0.25, 0.3) is 89.5 Å². The molecule has 0 radical (unpaired) electrons. The van der Waals surface area contributed by atoms with E-state index in [1.165, 1.54) is 16.7 Å². The van der Waals surface area contributed by atoms with E-state index in [9.17, 15) is 0 Å². The van der Waals surface area contributed by atoms with E-state index < -0.39 is 0 Å². The van der Waals surface area contributed by atoms with Gasteiger partial charge in [-0.1, -0.05) is 164 Å². The van der Waals surface area contributed by atoms with Crippen LogP contribution < -0.4 is 0 Å². The number of hydrogen-bond donors (Lipinski definition) is 0. The maximum Gasteiger partial charge on any atom is 0.164 e. The van der Waals surface area contributed by atoms with Gasteiger partial charge in [-0.05, 0) is 39.9 Å². The van der Waals surface area contributed by atoms with Gasteiger partial charge in [-0.3, -0.25) is 0 Å². The molecule has 4 heteroatoms. The van der Waals surface area contributed by atoms with Crippen LogP contribution in [0.3, 0.4) is 0 Å². The van der Waals surface area contributed by atoms with E-state index in [2.05, 4.69) is 97.1 Å². The van der Waals surface area contributed by atoms with Crippen molar-refractivity contribution in [2.24, 2.45) is 0 Å². The van der Waals surface area contributed by atoms with Crippen LogP contribution in [0.1, 0.15) is 0 Å². The molecule has 0 aliphatic carbocycles. The highest BCUT2D eigenvalue weighted by Gasteiger charge is 2.19. The minimum absolute atomic E-state index is 0.604. The van der Waals surface area contributed by atoms with Crippen LogP contribution in [0, 0.1) is 0 Å². The van der Waals surface area contributed by atoms with Crippen LogP contribution in [0.15, 0.2) is 180 Å². The predicted octanol–water partition coefficient (Wildman–Crippen LogP) is 11.8. The fourth-order valence-electron chi connectivity index (χ4n) is 6.54. The average molecular weight is 628 g/mol. The summed E-state index contributed by atoms with van der Waals surface area (Å²) in [6.45, 7) is 0. The Labute approximate surface area is 284 Å². The summed E-state index contributed by atoms with van der Waals surface area (Å²) < 4.78 is 6.67. The van der Waals surface area contributed by atoms with Gasteiger partial charge < -0.3 is 4.42 Å². The zero-order valence-electron chi connectivity index (χ0n) is 26.5. The number of benzene rings is 7. The Morgan fingerprint density at radius 3 is 1.45 bits per heavy atom. The normalized spacial score (nSPS) is 11.3.